The molecule has 0 radical (unpaired) electrons. The molecule has 2 aromatic carbocycles. The highest BCUT2D eigenvalue weighted by Crippen LogP contribution is 2.22. The Balaban J connectivity index is 2.10. The van der Waals surface area contributed by atoms with Crippen LogP contribution in [0.1, 0.15) is 51.3 Å². The second-order valence-corrected chi connectivity index (χ2v) is 9.16. The first-order chi connectivity index (χ1) is 14.5. The van der Waals surface area contributed by atoms with Crippen molar-refractivity contribution < 1.29 is 18.7 Å². The van der Waals surface area contributed by atoms with Gasteiger partial charge in [0, 0.05) is 25.1 Å². The highest BCUT2D eigenvalue weighted by atomic mass is 19.1. The predicted molar refractivity (Wildman–Crippen MR) is 120 cm³/mol. The molecular formula is C25H34F2N2O2. The first-order valence-electron chi connectivity index (χ1n) is 10.7. The number of aliphatic hydroxyl groups is 1. The van der Waals surface area contributed by atoms with Gasteiger partial charge in [0.25, 0.3) is 0 Å². The van der Waals surface area contributed by atoms with Crippen molar-refractivity contribution in [2.45, 2.75) is 65.1 Å². The number of rotatable bonds is 10. The zero-order chi connectivity index (χ0) is 23.2. The van der Waals surface area contributed by atoms with Gasteiger partial charge >= 0.3 is 0 Å². The van der Waals surface area contributed by atoms with Crippen LogP contribution < -0.4 is 10.6 Å². The molecule has 31 heavy (non-hydrogen) atoms. The van der Waals surface area contributed by atoms with Crippen LogP contribution in [0, 0.1) is 17.6 Å². The van der Waals surface area contributed by atoms with Crippen LogP contribution in [-0.2, 0) is 23.2 Å². The molecule has 0 spiro atoms. The van der Waals surface area contributed by atoms with E-state index < -0.39 is 29.3 Å². The van der Waals surface area contributed by atoms with Crippen molar-refractivity contribution in [3.63, 3.8) is 0 Å². The van der Waals surface area contributed by atoms with Gasteiger partial charge in [-0.2, -0.15) is 0 Å². The average Bonchev–Trinajstić information content (AvgIpc) is 2.64. The Hall–Kier alpha value is -2.31. The van der Waals surface area contributed by atoms with E-state index >= 15 is 0 Å². The smallest absolute Gasteiger partial charge is 0.217 e. The Morgan fingerprint density at radius 1 is 1.03 bits per heavy atom. The standard InChI is InChI=1S/C25H34F2N2O2/c1-16(2)9-18-7-6-8-20(10-18)25(4,5)28-15-24(31)23(29-17(3)30)13-19-11-21(26)14-22(27)12-19/h6-8,10-12,14,16,23-24,28,31H,9,13,15H2,1-5H3,(H,29,30)/t23-,24+/m0/s1. The summed E-state index contributed by atoms with van der Waals surface area (Å²) in [5.74, 6) is -1.14. The number of halogens is 2. The molecule has 0 aliphatic heterocycles. The van der Waals surface area contributed by atoms with E-state index in [1.54, 1.807) is 0 Å². The Morgan fingerprint density at radius 3 is 2.26 bits per heavy atom. The summed E-state index contributed by atoms with van der Waals surface area (Å²) in [6.07, 6.45) is 0.149. The van der Waals surface area contributed by atoms with Crippen LogP contribution in [0.4, 0.5) is 8.78 Å². The molecule has 0 bridgehead atoms. The largest absolute Gasteiger partial charge is 0.390 e. The molecule has 6 heteroatoms. The maximum Gasteiger partial charge on any atom is 0.217 e. The van der Waals surface area contributed by atoms with Crippen molar-refractivity contribution in [2.75, 3.05) is 6.54 Å². The molecular weight excluding hydrogens is 398 g/mol. The van der Waals surface area contributed by atoms with Crippen LogP contribution in [0.15, 0.2) is 42.5 Å². The fourth-order valence-corrected chi connectivity index (χ4v) is 3.69. The van der Waals surface area contributed by atoms with Gasteiger partial charge in [-0.25, -0.2) is 8.78 Å². The van der Waals surface area contributed by atoms with Crippen molar-refractivity contribution in [3.8, 4) is 0 Å². The minimum atomic E-state index is -0.951. The molecule has 3 N–H and O–H groups in total. The van der Waals surface area contributed by atoms with Gasteiger partial charge in [0.1, 0.15) is 11.6 Å². The van der Waals surface area contributed by atoms with Crippen LogP contribution >= 0.6 is 0 Å². The zero-order valence-electron chi connectivity index (χ0n) is 19.0. The number of aliphatic hydroxyl groups excluding tert-OH is 1. The maximum atomic E-state index is 13.5. The normalized spacial score (nSPS) is 13.8. The monoisotopic (exact) mass is 432 g/mol. The molecule has 0 saturated carbocycles. The fourth-order valence-electron chi connectivity index (χ4n) is 3.69. The molecule has 170 valence electrons. The number of carbonyl (C=O) groups excluding carboxylic acids is 1. The van der Waals surface area contributed by atoms with E-state index in [1.165, 1.54) is 24.6 Å². The van der Waals surface area contributed by atoms with Crippen LogP contribution in [0.3, 0.4) is 0 Å². The van der Waals surface area contributed by atoms with Crippen molar-refractivity contribution in [2.24, 2.45) is 5.92 Å². The Labute approximate surface area is 184 Å². The summed E-state index contributed by atoms with van der Waals surface area (Å²) < 4.78 is 27.1. The first kappa shape index (κ1) is 25.0. The van der Waals surface area contributed by atoms with Gasteiger partial charge in [-0.1, -0.05) is 38.1 Å². The lowest BCUT2D eigenvalue weighted by Gasteiger charge is -2.31. The molecule has 1 amide bonds. The third-order valence-corrected chi connectivity index (χ3v) is 5.28. The van der Waals surface area contributed by atoms with Crippen molar-refractivity contribution in [1.82, 2.24) is 10.6 Å². The highest BCUT2D eigenvalue weighted by Gasteiger charge is 2.26. The Morgan fingerprint density at radius 2 is 1.68 bits per heavy atom. The molecule has 2 atom stereocenters. The molecule has 0 fully saturated rings. The molecule has 2 rings (SSSR count). The van der Waals surface area contributed by atoms with Gasteiger partial charge in [-0.15, -0.1) is 0 Å². The molecule has 2 aromatic rings. The maximum absolute atomic E-state index is 13.5. The lowest BCUT2D eigenvalue weighted by atomic mass is 9.90. The molecule has 0 aromatic heterocycles. The van der Waals surface area contributed by atoms with E-state index in [0.29, 0.717) is 11.5 Å². The van der Waals surface area contributed by atoms with Gasteiger partial charge in [-0.05, 0) is 61.4 Å². The Bertz CT molecular complexity index is 863. The van der Waals surface area contributed by atoms with Crippen molar-refractivity contribution in [1.29, 1.82) is 0 Å². The summed E-state index contributed by atoms with van der Waals surface area (Å²) in [5, 5.41) is 16.8. The van der Waals surface area contributed by atoms with Gasteiger partial charge < -0.3 is 15.7 Å². The zero-order valence-corrected chi connectivity index (χ0v) is 19.0. The van der Waals surface area contributed by atoms with Crippen LogP contribution in [0.5, 0.6) is 0 Å². The van der Waals surface area contributed by atoms with E-state index in [4.69, 9.17) is 0 Å². The topological polar surface area (TPSA) is 61.4 Å². The van der Waals surface area contributed by atoms with Crippen molar-refractivity contribution >= 4 is 5.91 Å². The summed E-state index contributed by atoms with van der Waals surface area (Å²) in [7, 11) is 0. The molecule has 0 unspecified atom stereocenters. The quantitative estimate of drug-likeness (QED) is 0.530. The number of nitrogens with one attached hydrogen (secondary N) is 2. The minimum absolute atomic E-state index is 0.113. The highest BCUT2D eigenvalue weighted by molar-refractivity contribution is 5.73. The van der Waals surface area contributed by atoms with Crippen LogP contribution in [0.2, 0.25) is 0 Å². The van der Waals surface area contributed by atoms with Gasteiger partial charge in [0.05, 0.1) is 12.1 Å². The van der Waals surface area contributed by atoms with Crippen LogP contribution in [-0.4, -0.2) is 29.7 Å². The van der Waals surface area contributed by atoms with Gasteiger partial charge in [-0.3, -0.25) is 4.79 Å². The number of carbonyl (C=O) groups is 1. The third-order valence-electron chi connectivity index (χ3n) is 5.28. The van der Waals surface area contributed by atoms with Gasteiger partial charge in [0.2, 0.25) is 5.91 Å². The Kier molecular flexibility index (Phi) is 8.71. The van der Waals surface area contributed by atoms with E-state index in [0.717, 1.165) is 18.1 Å². The van der Waals surface area contributed by atoms with E-state index in [2.05, 4.69) is 36.6 Å². The summed E-state index contributed by atoms with van der Waals surface area (Å²) in [6.45, 7) is 9.97. The molecule has 0 saturated heterocycles. The third kappa shape index (κ3) is 8.04. The molecule has 0 aliphatic carbocycles. The SMILES string of the molecule is CC(=O)N[C@@H](Cc1cc(F)cc(F)c1)[C@H](O)CNC(C)(C)c1cccc(CC(C)C)c1. The summed E-state index contributed by atoms with van der Waals surface area (Å²) in [4.78, 5) is 11.6. The van der Waals surface area contributed by atoms with Gasteiger partial charge in [0.15, 0.2) is 0 Å². The van der Waals surface area contributed by atoms with E-state index in [9.17, 15) is 18.7 Å². The van der Waals surface area contributed by atoms with Crippen LogP contribution in [0.25, 0.3) is 0 Å². The molecule has 0 heterocycles. The second kappa shape index (κ2) is 10.8. The first-order valence-corrected chi connectivity index (χ1v) is 10.7. The predicted octanol–water partition coefficient (Wildman–Crippen LogP) is 4.10. The minimum Gasteiger partial charge on any atom is -0.390 e. The number of benzene rings is 2. The summed E-state index contributed by atoms with van der Waals surface area (Å²) in [6, 6.07) is 10.9. The number of amides is 1. The lowest BCUT2D eigenvalue weighted by Crippen LogP contribution is -2.51. The average molecular weight is 433 g/mol. The van der Waals surface area contributed by atoms with E-state index in [1.807, 2.05) is 26.0 Å². The second-order valence-electron chi connectivity index (χ2n) is 9.16. The lowest BCUT2D eigenvalue weighted by molar-refractivity contribution is -0.120. The molecule has 4 nitrogen and oxygen atoms in total. The fraction of sp³-hybridized carbons (Fsp3) is 0.480. The van der Waals surface area contributed by atoms with Crippen molar-refractivity contribution in [3.05, 3.63) is 70.8 Å². The number of hydrogen-bond acceptors (Lipinski definition) is 3. The molecule has 0 aliphatic rings. The van der Waals surface area contributed by atoms with E-state index in [-0.39, 0.29) is 18.9 Å². The summed E-state index contributed by atoms with van der Waals surface area (Å²) in [5.41, 5.74) is 2.31. The summed E-state index contributed by atoms with van der Waals surface area (Å²) >= 11 is 0. The number of hydrogen-bond donors (Lipinski definition) is 3.